The van der Waals surface area contributed by atoms with Crippen LogP contribution in [0.2, 0.25) is 0 Å². The third-order valence-electron chi connectivity index (χ3n) is 3.10. The normalized spacial score (nSPS) is 10.2. The Morgan fingerprint density at radius 3 is 2.33 bits per heavy atom. The van der Waals surface area contributed by atoms with Gasteiger partial charge in [-0.1, -0.05) is 42.0 Å². The first-order chi connectivity index (χ1) is 10.1. The first kappa shape index (κ1) is 15.7. The number of anilines is 1. The van der Waals surface area contributed by atoms with Crippen molar-refractivity contribution in [3.8, 4) is 0 Å². The summed E-state index contributed by atoms with van der Waals surface area (Å²) in [7, 11) is 0. The molecule has 0 aliphatic heterocycles. The smallest absolute Gasteiger partial charge is 0.224 e. The summed E-state index contributed by atoms with van der Waals surface area (Å²) in [6, 6.07) is 15.0. The average Bonchev–Trinajstić information content (AvgIpc) is 2.48. The van der Waals surface area contributed by atoms with Crippen molar-refractivity contribution in [2.75, 3.05) is 5.32 Å². The number of halogens is 1. The Kier molecular flexibility index (Phi) is 5.50. The summed E-state index contributed by atoms with van der Waals surface area (Å²) < 4.78 is 0.980. The number of benzene rings is 2. The minimum atomic E-state index is -0.139. The highest BCUT2D eigenvalue weighted by Gasteiger charge is 2.10. The fraction of sp³-hybridized carbons (Fsp3) is 0.176. The number of Topliss-reactive ketones (excluding diaryl/α,β-unsaturated/α-hetero) is 1. The van der Waals surface area contributed by atoms with E-state index >= 15 is 0 Å². The Balaban J connectivity index is 1.88. The largest absolute Gasteiger partial charge is 0.325 e. The molecule has 0 aromatic heterocycles. The molecule has 0 unspecified atom stereocenters. The van der Waals surface area contributed by atoms with E-state index in [9.17, 15) is 9.59 Å². The summed E-state index contributed by atoms with van der Waals surface area (Å²) >= 11 is 2.17. The lowest BCUT2D eigenvalue weighted by atomic mass is 10.0. The molecule has 0 heterocycles. The maximum Gasteiger partial charge on any atom is 0.224 e. The van der Waals surface area contributed by atoms with Crippen molar-refractivity contribution in [2.45, 2.75) is 19.8 Å². The van der Waals surface area contributed by atoms with Crippen molar-refractivity contribution in [3.63, 3.8) is 0 Å². The lowest BCUT2D eigenvalue weighted by molar-refractivity contribution is -0.116. The molecule has 0 saturated carbocycles. The van der Waals surface area contributed by atoms with E-state index < -0.39 is 0 Å². The number of amides is 1. The quantitative estimate of drug-likeness (QED) is 0.612. The Morgan fingerprint density at radius 1 is 1.00 bits per heavy atom. The predicted octanol–water partition coefficient (Wildman–Crippen LogP) is 4.20. The molecule has 21 heavy (non-hydrogen) atoms. The number of para-hydroxylation sites is 1. The van der Waals surface area contributed by atoms with Crippen LogP contribution in [0.3, 0.4) is 0 Å². The summed E-state index contributed by atoms with van der Waals surface area (Å²) in [6.07, 6.45) is 0.413. The van der Waals surface area contributed by atoms with Crippen LogP contribution in [0.4, 0.5) is 5.69 Å². The Bertz CT molecular complexity index is 650. The number of carbonyl (C=O) groups is 2. The Morgan fingerprint density at radius 2 is 1.67 bits per heavy atom. The number of nitrogens with one attached hydrogen (secondary N) is 1. The minimum Gasteiger partial charge on any atom is -0.325 e. The molecule has 0 spiro atoms. The van der Waals surface area contributed by atoms with E-state index in [1.807, 2.05) is 43.3 Å². The van der Waals surface area contributed by atoms with Crippen LogP contribution < -0.4 is 5.32 Å². The molecule has 0 saturated heterocycles. The van der Waals surface area contributed by atoms with E-state index in [4.69, 9.17) is 0 Å². The molecule has 108 valence electrons. The molecule has 0 radical (unpaired) electrons. The van der Waals surface area contributed by atoms with Gasteiger partial charge in [-0.15, -0.1) is 0 Å². The van der Waals surface area contributed by atoms with Crippen molar-refractivity contribution < 1.29 is 9.59 Å². The third-order valence-corrected chi connectivity index (χ3v) is 4.04. The van der Waals surface area contributed by atoms with E-state index in [2.05, 4.69) is 27.9 Å². The van der Waals surface area contributed by atoms with Crippen LogP contribution in [0.15, 0.2) is 48.5 Å². The molecule has 0 atom stereocenters. The van der Waals surface area contributed by atoms with Crippen molar-refractivity contribution in [3.05, 3.63) is 63.2 Å². The van der Waals surface area contributed by atoms with Gasteiger partial charge in [-0.25, -0.2) is 0 Å². The molecule has 0 fully saturated rings. The molecular formula is C17H16INO2. The van der Waals surface area contributed by atoms with E-state index in [0.29, 0.717) is 5.56 Å². The first-order valence-corrected chi connectivity index (χ1v) is 7.78. The maximum absolute atomic E-state index is 12.0. The van der Waals surface area contributed by atoms with Gasteiger partial charge in [-0.2, -0.15) is 0 Å². The van der Waals surface area contributed by atoms with Gasteiger partial charge in [0, 0.05) is 22.0 Å². The van der Waals surface area contributed by atoms with E-state index in [1.54, 1.807) is 12.1 Å². The monoisotopic (exact) mass is 393 g/mol. The van der Waals surface area contributed by atoms with Crippen molar-refractivity contribution in [2.24, 2.45) is 0 Å². The Labute approximate surface area is 137 Å². The van der Waals surface area contributed by atoms with Crippen LogP contribution in [0.1, 0.15) is 28.8 Å². The maximum atomic E-state index is 12.0. The van der Waals surface area contributed by atoms with Crippen LogP contribution >= 0.6 is 22.6 Å². The van der Waals surface area contributed by atoms with Crippen molar-refractivity contribution >= 4 is 40.0 Å². The summed E-state index contributed by atoms with van der Waals surface area (Å²) in [4.78, 5) is 23.9. The number of aryl methyl sites for hydroxylation is 1. The second kappa shape index (κ2) is 7.36. The summed E-state index contributed by atoms with van der Waals surface area (Å²) in [5, 5.41) is 2.83. The zero-order valence-electron chi connectivity index (χ0n) is 11.7. The number of hydrogen-bond donors (Lipinski definition) is 1. The van der Waals surface area contributed by atoms with E-state index in [1.165, 1.54) is 0 Å². The molecule has 2 aromatic carbocycles. The molecule has 3 nitrogen and oxygen atoms in total. The van der Waals surface area contributed by atoms with Crippen LogP contribution in [-0.4, -0.2) is 11.7 Å². The zero-order chi connectivity index (χ0) is 15.2. The molecule has 0 aliphatic rings. The van der Waals surface area contributed by atoms with Crippen molar-refractivity contribution in [1.82, 2.24) is 0 Å². The van der Waals surface area contributed by atoms with Gasteiger partial charge in [0.15, 0.2) is 5.78 Å². The second-order valence-corrected chi connectivity index (χ2v) is 5.98. The van der Waals surface area contributed by atoms with Gasteiger partial charge in [0.1, 0.15) is 0 Å². The lowest BCUT2D eigenvalue weighted by Gasteiger charge is -2.07. The SMILES string of the molecule is Cc1ccc(C(=O)CCC(=O)Nc2ccccc2I)cc1. The fourth-order valence-corrected chi connectivity index (χ4v) is 2.41. The third kappa shape index (κ3) is 4.67. The highest BCUT2D eigenvalue weighted by Crippen LogP contribution is 2.17. The van der Waals surface area contributed by atoms with Gasteiger partial charge < -0.3 is 5.32 Å². The summed E-state index contributed by atoms with van der Waals surface area (Å²) in [5.74, 6) is -0.146. The lowest BCUT2D eigenvalue weighted by Crippen LogP contribution is -2.14. The molecular weight excluding hydrogens is 377 g/mol. The highest BCUT2D eigenvalue weighted by atomic mass is 127. The molecule has 1 N–H and O–H groups in total. The van der Waals surface area contributed by atoms with Gasteiger partial charge in [0.05, 0.1) is 5.69 Å². The fourth-order valence-electron chi connectivity index (χ4n) is 1.89. The molecule has 2 aromatic rings. The number of ketones is 1. The second-order valence-electron chi connectivity index (χ2n) is 4.82. The molecule has 0 bridgehead atoms. The topological polar surface area (TPSA) is 46.2 Å². The van der Waals surface area contributed by atoms with E-state index in [-0.39, 0.29) is 24.5 Å². The molecule has 4 heteroatoms. The summed E-state index contributed by atoms with van der Waals surface area (Å²) in [6.45, 7) is 1.98. The molecule has 2 rings (SSSR count). The molecule has 0 aliphatic carbocycles. The van der Waals surface area contributed by atoms with Gasteiger partial charge in [-0.05, 0) is 41.6 Å². The van der Waals surface area contributed by atoms with Gasteiger partial charge >= 0.3 is 0 Å². The number of hydrogen-bond acceptors (Lipinski definition) is 2. The van der Waals surface area contributed by atoms with Gasteiger partial charge in [0.2, 0.25) is 5.91 Å². The van der Waals surface area contributed by atoms with Crippen LogP contribution in [0.5, 0.6) is 0 Å². The number of carbonyl (C=O) groups excluding carboxylic acids is 2. The van der Waals surface area contributed by atoms with Crippen molar-refractivity contribution in [1.29, 1.82) is 0 Å². The predicted molar refractivity (Wildman–Crippen MR) is 92.5 cm³/mol. The number of rotatable bonds is 5. The van der Waals surface area contributed by atoms with Crippen LogP contribution in [0.25, 0.3) is 0 Å². The van der Waals surface area contributed by atoms with E-state index in [0.717, 1.165) is 14.8 Å². The van der Waals surface area contributed by atoms with Gasteiger partial charge in [0.25, 0.3) is 0 Å². The van der Waals surface area contributed by atoms with Crippen LogP contribution in [-0.2, 0) is 4.79 Å². The first-order valence-electron chi connectivity index (χ1n) is 6.70. The standard InChI is InChI=1S/C17H16INO2/c1-12-6-8-13(9-7-12)16(20)10-11-17(21)19-15-5-3-2-4-14(15)18/h2-9H,10-11H2,1H3,(H,19,21). The Hall–Kier alpha value is -1.69. The van der Waals surface area contributed by atoms with Gasteiger partial charge in [-0.3, -0.25) is 9.59 Å². The highest BCUT2D eigenvalue weighted by molar-refractivity contribution is 14.1. The zero-order valence-corrected chi connectivity index (χ0v) is 13.9. The average molecular weight is 393 g/mol. The molecule has 1 amide bonds. The van der Waals surface area contributed by atoms with Crippen LogP contribution in [0, 0.1) is 10.5 Å². The minimum absolute atomic E-state index is 0.00657. The summed E-state index contributed by atoms with van der Waals surface area (Å²) in [5.41, 5.74) is 2.55.